The zero-order valence-electron chi connectivity index (χ0n) is 11.3. The van der Waals surface area contributed by atoms with Crippen LogP contribution >= 0.6 is 0 Å². The van der Waals surface area contributed by atoms with Crippen molar-refractivity contribution >= 4 is 19.0 Å². The van der Waals surface area contributed by atoms with Gasteiger partial charge in [-0.1, -0.05) is 13.2 Å². The quantitative estimate of drug-likeness (QED) is 0.814. The predicted octanol–water partition coefficient (Wildman–Crippen LogP) is -0.231. The summed E-state index contributed by atoms with van der Waals surface area (Å²) in [6.07, 6.45) is 3.48. The summed E-state index contributed by atoms with van der Waals surface area (Å²) >= 11 is 0. The SMILES string of the molecule is C=c1nc(-c2ccncc2)nc(N2CCNCC2)c1=C. The highest BCUT2D eigenvalue weighted by atomic mass is 15.2. The third-order valence-corrected chi connectivity index (χ3v) is 3.43. The fourth-order valence-electron chi connectivity index (χ4n) is 2.29. The van der Waals surface area contributed by atoms with Gasteiger partial charge in [-0.2, -0.15) is 0 Å². The van der Waals surface area contributed by atoms with Crippen molar-refractivity contribution in [2.45, 2.75) is 0 Å². The molecule has 102 valence electrons. The summed E-state index contributed by atoms with van der Waals surface area (Å²) in [4.78, 5) is 15.4. The number of nitrogens with one attached hydrogen (secondary N) is 1. The molecule has 0 saturated carbocycles. The van der Waals surface area contributed by atoms with Crippen LogP contribution in [0.15, 0.2) is 24.5 Å². The fraction of sp³-hybridized carbons (Fsp3) is 0.267. The highest BCUT2D eigenvalue weighted by Crippen LogP contribution is 2.13. The molecular formula is C15H17N5. The van der Waals surface area contributed by atoms with E-state index in [1.54, 1.807) is 12.4 Å². The second-order valence-electron chi connectivity index (χ2n) is 4.77. The summed E-state index contributed by atoms with van der Waals surface area (Å²) < 4.78 is 0. The predicted molar refractivity (Wildman–Crippen MR) is 80.6 cm³/mol. The maximum atomic E-state index is 4.68. The Morgan fingerprint density at radius 1 is 1.05 bits per heavy atom. The van der Waals surface area contributed by atoms with Gasteiger partial charge in [-0.15, -0.1) is 0 Å². The first kappa shape index (κ1) is 12.7. The van der Waals surface area contributed by atoms with E-state index in [0.29, 0.717) is 11.2 Å². The van der Waals surface area contributed by atoms with Gasteiger partial charge in [-0.25, -0.2) is 9.97 Å². The van der Waals surface area contributed by atoms with Gasteiger partial charge >= 0.3 is 0 Å². The highest BCUT2D eigenvalue weighted by molar-refractivity contribution is 5.57. The maximum absolute atomic E-state index is 4.68. The number of nitrogens with zero attached hydrogens (tertiary/aromatic N) is 4. The first-order valence-electron chi connectivity index (χ1n) is 6.68. The Hall–Kier alpha value is -2.27. The largest absolute Gasteiger partial charge is 0.353 e. The van der Waals surface area contributed by atoms with Gasteiger partial charge in [0.05, 0.1) is 5.35 Å². The van der Waals surface area contributed by atoms with E-state index in [0.717, 1.165) is 42.8 Å². The lowest BCUT2D eigenvalue weighted by molar-refractivity contribution is 0.583. The van der Waals surface area contributed by atoms with E-state index < -0.39 is 0 Å². The molecule has 5 nitrogen and oxygen atoms in total. The Labute approximate surface area is 117 Å². The van der Waals surface area contributed by atoms with Gasteiger partial charge in [0.2, 0.25) is 0 Å². The lowest BCUT2D eigenvalue weighted by atomic mass is 10.2. The van der Waals surface area contributed by atoms with Gasteiger partial charge in [-0.3, -0.25) is 4.98 Å². The van der Waals surface area contributed by atoms with Crippen LogP contribution in [0.4, 0.5) is 5.82 Å². The first-order valence-corrected chi connectivity index (χ1v) is 6.68. The summed E-state index contributed by atoms with van der Waals surface area (Å²) in [5.74, 6) is 1.57. The van der Waals surface area contributed by atoms with E-state index in [1.165, 1.54) is 0 Å². The minimum atomic E-state index is 0.679. The molecule has 5 heteroatoms. The van der Waals surface area contributed by atoms with E-state index in [1.807, 2.05) is 12.1 Å². The summed E-state index contributed by atoms with van der Waals surface area (Å²) in [6, 6.07) is 3.80. The fourth-order valence-corrected chi connectivity index (χ4v) is 2.29. The van der Waals surface area contributed by atoms with Crippen LogP contribution in [0.5, 0.6) is 0 Å². The molecule has 0 spiro atoms. The van der Waals surface area contributed by atoms with Crippen LogP contribution in [-0.4, -0.2) is 41.1 Å². The number of hydrogen-bond acceptors (Lipinski definition) is 5. The monoisotopic (exact) mass is 267 g/mol. The van der Waals surface area contributed by atoms with Crippen LogP contribution in [-0.2, 0) is 0 Å². The van der Waals surface area contributed by atoms with Crippen molar-refractivity contribution in [2.75, 3.05) is 31.1 Å². The molecule has 0 aliphatic carbocycles. The molecule has 3 heterocycles. The first-order chi connectivity index (χ1) is 9.75. The van der Waals surface area contributed by atoms with Gasteiger partial charge in [0.25, 0.3) is 0 Å². The molecule has 2 aromatic heterocycles. The van der Waals surface area contributed by atoms with Gasteiger partial charge in [-0.05, 0) is 12.1 Å². The number of anilines is 1. The maximum Gasteiger partial charge on any atom is 0.162 e. The van der Waals surface area contributed by atoms with E-state index in [-0.39, 0.29) is 0 Å². The number of aromatic nitrogens is 3. The van der Waals surface area contributed by atoms with Gasteiger partial charge < -0.3 is 10.2 Å². The summed E-state index contributed by atoms with van der Waals surface area (Å²) in [5.41, 5.74) is 0.946. The Kier molecular flexibility index (Phi) is 3.43. The van der Waals surface area contributed by atoms with Crippen molar-refractivity contribution in [1.82, 2.24) is 20.3 Å². The number of pyridine rings is 1. The van der Waals surface area contributed by atoms with Crippen LogP contribution in [0, 0.1) is 0 Å². The molecule has 0 aromatic carbocycles. The number of hydrogen-bond donors (Lipinski definition) is 1. The van der Waals surface area contributed by atoms with Crippen molar-refractivity contribution < 1.29 is 0 Å². The number of piperazine rings is 1. The molecule has 1 saturated heterocycles. The topological polar surface area (TPSA) is 53.9 Å². The van der Waals surface area contributed by atoms with Crippen LogP contribution in [0.1, 0.15) is 0 Å². The van der Waals surface area contributed by atoms with Crippen LogP contribution in [0.2, 0.25) is 0 Å². The minimum absolute atomic E-state index is 0.679. The standard InChI is InChI=1S/C15H17N5/c1-11-12(2)18-14(13-3-5-16-6-4-13)19-15(11)20-9-7-17-8-10-20/h3-6,17H,1-2,7-10H2. The zero-order chi connectivity index (χ0) is 13.9. The second-order valence-corrected chi connectivity index (χ2v) is 4.77. The van der Waals surface area contributed by atoms with Crippen molar-refractivity contribution in [3.8, 4) is 11.4 Å². The van der Waals surface area contributed by atoms with Crippen LogP contribution < -0.4 is 20.8 Å². The van der Waals surface area contributed by atoms with Crippen molar-refractivity contribution in [2.24, 2.45) is 0 Å². The Morgan fingerprint density at radius 3 is 2.45 bits per heavy atom. The van der Waals surface area contributed by atoms with Crippen molar-refractivity contribution in [1.29, 1.82) is 0 Å². The van der Waals surface area contributed by atoms with Crippen molar-refractivity contribution in [3.63, 3.8) is 0 Å². The van der Waals surface area contributed by atoms with Gasteiger partial charge in [0, 0.05) is 49.4 Å². The summed E-state index contributed by atoms with van der Waals surface area (Å²) in [6.45, 7) is 11.8. The molecule has 2 aromatic rings. The van der Waals surface area contributed by atoms with Crippen LogP contribution in [0.25, 0.3) is 24.5 Å². The second kappa shape index (κ2) is 5.38. The van der Waals surface area contributed by atoms with Crippen molar-refractivity contribution in [3.05, 3.63) is 35.1 Å². The lowest BCUT2D eigenvalue weighted by Crippen LogP contribution is -2.47. The molecule has 1 N–H and O–H groups in total. The highest BCUT2D eigenvalue weighted by Gasteiger charge is 2.14. The van der Waals surface area contributed by atoms with Gasteiger partial charge in [0.15, 0.2) is 5.82 Å². The summed E-state index contributed by atoms with van der Waals surface area (Å²) in [7, 11) is 0. The Morgan fingerprint density at radius 2 is 1.75 bits per heavy atom. The molecule has 20 heavy (non-hydrogen) atoms. The molecule has 1 aliphatic heterocycles. The zero-order valence-corrected chi connectivity index (χ0v) is 11.3. The van der Waals surface area contributed by atoms with Gasteiger partial charge in [0.1, 0.15) is 5.82 Å². The molecular weight excluding hydrogens is 250 g/mol. The lowest BCUT2D eigenvalue weighted by Gasteiger charge is -2.28. The molecule has 0 unspecified atom stereocenters. The van der Waals surface area contributed by atoms with E-state index >= 15 is 0 Å². The Bertz CT molecular complexity index is 692. The van der Waals surface area contributed by atoms with E-state index in [9.17, 15) is 0 Å². The molecule has 1 aliphatic rings. The molecule has 0 amide bonds. The minimum Gasteiger partial charge on any atom is -0.353 e. The molecule has 0 bridgehead atoms. The van der Waals surface area contributed by atoms with Crippen LogP contribution in [0.3, 0.4) is 0 Å². The third kappa shape index (κ3) is 2.40. The van der Waals surface area contributed by atoms with E-state index in [4.69, 9.17) is 0 Å². The average Bonchev–Trinajstić information content (AvgIpc) is 2.51. The Balaban J connectivity index is 2.08. The summed E-state index contributed by atoms with van der Waals surface area (Å²) in [5, 5.41) is 4.83. The number of rotatable bonds is 2. The molecule has 0 radical (unpaired) electrons. The molecule has 0 atom stereocenters. The smallest absolute Gasteiger partial charge is 0.162 e. The molecule has 1 fully saturated rings. The third-order valence-electron chi connectivity index (χ3n) is 3.43. The normalized spacial score (nSPS) is 15.3. The molecule has 3 rings (SSSR count). The average molecular weight is 267 g/mol. The van der Waals surface area contributed by atoms with E-state index in [2.05, 4.69) is 38.3 Å².